The Bertz CT molecular complexity index is 2520. The van der Waals surface area contributed by atoms with Gasteiger partial charge in [-0.3, -0.25) is 19.3 Å². The number of fused-ring (bicyclic) bond motifs is 1. The van der Waals surface area contributed by atoms with Crippen LogP contribution in [0.1, 0.15) is 27.0 Å². The molecular formula is C39H28N4O6S. The Morgan fingerprint density at radius 3 is 2.08 bits per heavy atom. The zero-order valence-corrected chi connectivity index (χ0v) is 27.6. The van der Waals surface area contributed by atoms with Crippen LogP contribution in [0.25, 0.3) is 33.7 Å². The molecular weight excluding hydrogens is 653 g/mol. The molecule has 7 aromatic rings. The van der Waals surface area contributed by atoms with E-state index in [0.717, 1.165) is 22.3 Å². The highest BCUT2D eigenvalue weighted by Gasteiger charge is 2.18. The van der Waals surface area contributed by atoms with Crippen molar-refractivity contribution >= 4 is 26.8 Å². The van der Waals surface area contributed by atoms with Crippen LogP contribution in [0.4, 0.5) is 0 Å². The van der Waals surface area contributed by atoms with Gasteiger partial charge < -0.3 is 9.47 Å². The molecule has 246 valence electrons. The second-order valence-electron chi connectivity index (χ2n) is 11.5. The molecule has 4 heterocycles. The van der Waals surface area contributed by atoms with Crippen LogP contribution in [0.15, 0.2) is 133 Å². The molecule has 7 rings (SSSR count). The van der Waals surface area contributed by atoms with Gasteiger partial charge in [-0.15, -0.1) is 0 Å². The van der Waals surface area contributed by atoms with E-state index in [1.54, 1.807) is 61.8 Å². The van der Waals surface area contributed by atoms with Crippen LogP contribution in [-0.2, 0) is 10.1 Å². The summed E-state index contributed by atoms with van der Waals surface area (Å²) in [5.41, 5.74) is 5.30. The van der Waals surface area contributed by atoms with Crippen molar-refractivity contribution in [1.82, 2.24) is 19.9 Å². The second-order valence-corrected chi connectivity index (χ2v) is 12.9. The maximum atomic E-state index is 13.2. The molecule has 0 bridgehead atoms. The number of aryl methyl sites for hydroxylation is 2. The molecule has 1 N–H and O–H groups in total. The first kappa shape index (κ1) is 32.3. The molecule has 0 saturated heterocycles. The maximum Gasteiger partial charge on any atom is 0.294 e. The van der Waals surface area contributed by atoms with Crippen molar-refractivity contribution in [2.75, 3.05) is 0 Å². The normalized spacial score (nSPS) is 11.3. The van der Waals surface area contributed by atoms with Gasteiger partial charge in [0.05, 0.1) is 33.2 Å². The quantitative estimate of drug-likeness (QED) is 0.117. The number of nitrogens with zero attached hydrogens (tertiary/aromatic N) is 4. The highest BCUT2D eigenvalue weighted by atomic mass is 32.2. The molecule has 3 aromatic carbocycles. The van der Waals surface area contributed by atoms with E-state index in [1.807, 2.05) is 61.5 Å². The third-order valence-corrected chi connectivity index (χ3v) is 8.87. The lowest BCUT2D eigenvalue weighted by atomic mass is 10.0. The summed E-state index contributed by atoms with van der Waals surface area (Å²) in [6.45, 7) is 3.55. The van der Waals surface area contributed by atoms with E-state index < -0.39 is 15.9 Å². The summed E-state index contributed by atoms with van der Waals surface area (Å²) in [6.07, 6.45) is 3.40. The van der Waals surface area contributed by atoms with Crippen LogP contribution >= 0.6 is 0 Å². The van der Waals surface area contributed by atoms with E-state index in [9.17, 15) is 17.8 Å². The van der Waals surface area contributed by atoms with Crippen LogP contribution in [0.3, 0.4) is 0 Å². The zero-order chi connectivity index (χ0) is 34.8. The predicted molar refractivity (Wildman–Crippen MR) is 188 cm³/mol. The first-order chi connectivity index (χ1) is 24.1. The Labute approximate surface area is 287 Å². The third kappa shape index (κ3) is 6.95. The Morgan fingerprint density at radius 1 is 0.640 bits per heavy atom. The van der Waals surface area contributed by atoms with E-state index in [2.05, 4.69) is 15.0 Å². The van der Waals surface area contributed by atoms with Gasteiger partial charge in [0, 0.05) is 41.0 Å². The minimum absolute atomic E-state index is 0.129. The first-order valence-electron chi connectivity index (χ1n) is 15.5. The molecule has 0 unspecified atom stereocenters. The van der Waals surface area contributed by atoms with Crippen LogP contribution in [0, 0.1) is 13.8 Å². The number of para-hydroxylation sites is 1. The van der Waals surface area contributed by atoms with Crippen molar-refractivity contribution in [3.05, 3.63) is 150 Å². The van der Waals surface area contributed by atoms with E-state index >= 15 is 0 Å². The first-order valence-corrected chi connectivity index (χ1v) is 16.9. The van der Waals surface area contributed by atoms with Crippen LogP contribution in [-0.4, -0.2) is 38.7 Å². The van der Waals surface area contributed by atoms with E-state index in [0.29, 0.717) is 51.2 Å². The van der Waals surface area contributed by atoms with Gasteiger partial charge in [-0.2, -0.15) is 8.42 Å². The number of ether oxygens (including phenoxy) is 2. The van der Waals surface area contributed by atoms with Crippen LogP contribution in [0.2, 0.25) is 0 Å². The van der Waals surface area contributed by atoms with Gasteiger partial charge in [-0.05, 0) is 97.8 Å². The van der Waals surface area contributed by atoms with Crippen LogP contribution in [0.5, 0.6) is 23.1 Å². The number of rotatable bonds is 9. The maximum absolute atomic E-state index is 13.2. The van der Waals surface area contributed by atoms with Gasteiger partial charge in [0.15, 0.2) is 5.78 Å². The highest BCUT2D eigenvalue weighted by Crippen LogP contribution is 2.35. The molecule has 50 heavy (non-hydrogen) atoms. The predicted octanol–water partition coefficient (Wildman–Crippen LogP) is 8.43. The fourth-order valence-corrected chi connectivity index (χ4v) is 6.13. The SMILES string of the molecule is Cc1ccnc(-c2cccc(-c3cc(Oc4cc(Oc5ccc(C(=O)c6ccc(C)c(S(=O)(=O)O)c6)cc5)c5ccccc5n4)ccn3)n2)c1. The van der Waals surface area contributed by atoms with Crippen molar-refractivity contribution in [2.24, 2.45) is 0 Å². The number of benzene rings is 3. The number of aromatic nitrogens is 4. The molecule has 0 aliphatic heterocycles. The summed E-state index contributed by atoms with van der Waals surface area (Å²) in [6, 6.07) is 32.9. The standard InChI is InChI=1S/C39H28N4O6S/c1-24-16-18-40-34(20-24)32-8-5-9-33(42-32)35-22-29(17-19-41-35)49-38-23-36(30-6-3-4-7-31(30)43-38)48-28-14-12-26(13-15-28)39(44)27-11-10-25(2)37(21-27)50(45,46)47/h3-23H,1-2H3,(H,45,46,47). The summed E-state index contributed by atoms with van der Waals surface area (Å²) in [4.78, 5) is 31.3. The molecule has 0 radical (unpaired) electrons. The van der Waals surface area contributed by atoms with Crippen molar-refractivity contribution in [1.29, 1.82) is 0 Å². The highest BCUT2D eigenvalue weighted by molar-refractivity contribution is 7.85. The topological polar surface area (TPSA) is 141 Å². The lowest BCUT2D eigenvalue weighted by molar-refractivity contribution is 0.103. The molecule has 0 spiro atoms. The monoisotopic (exact) mass is 680 g/mol. The number of ketones is 1. The molecule has 0 saturated carbocycles. The summed E-state index contributed by atoms with van der Waals surface area (Å²) in [5.74, 6) is 1.32. The second kappa shape index (κ2) is 13.3. The Kier molecular flexibility index (Phi) is 8.58. The average Bonchev–Trinajstić information content (AvgIpc) is 3.11. The fourth-order valence-electron chi connectivity index (χ4n) is 5.38. The number of pyridine rings is 4. The Hall–Kier alpha value is -6.30. The third-order valence-electron chi connectivity index (χ3n) is 7.87. The van der Waals surface area contributed by atoms with Gasteiger partial charge in [-0.1, -0.05) is 30.3 Å². The molecule has 0 amide bonds. The summed E-state index contributed by atoms with van der Waals surface area (Å²) >= 11 is 0. The van der Waals surface area contributed by atoms with Gasteiger partial charge in [0.2, 0.25) is 5.88 Å². The van der Waals surface area contributed by atoms with Crippen LogP contribution < -0.4 is 9.47 Å². The summed E-state index contributed by atoms with van der Waals surface area (Å²) in [5, 5.41) is 0.749. The van der Waals surface area contributed by atoms with Gasteiger partial charge in [0.25, 0.3) is 10.1 Å². The van der Waals surface area contributed by atoms with Gasteiger partial charge in [-0.25, -0.2) is 9.97 Å². The van der Waals surface area contributed by atoms with Crippen molar-refractivity contribution < 1.29 is 27.2 Å². The molecule has 0 aliphatic rings. The van der Waals surface area contributed by atoms with Crippen molar-refractivity contribution in [2.45, 2.75) is 18.7 Å². The Morgan fingerprint density at radius 2 is 1.34 bits per heavy atom. The average molecular weight is 681 g/mol. The number of carbonyl (C=O) groups is 1. The fraction of sp³-hybridized carbons (Fsp3) is 0.0513. The minimum atomic E-state index is -4.48. The lowest BCUT2D eigenvalue weighted by Gasteiger charge is -2.13. The smallest absolute Gasteiger partial charge is 0.294 e. The van der Waals surface area contributed by atoms with Gasteiger partial charge in [0.1, 0.15) is 17.2 Å². The number of hydrogen-bond donors (Lipinski definition) is 1. The molecule has 10 nitrogen and oxygen atoms in total. The lowest BCUT2D eigenvalue weighted by Crippen LogP contribution is -2.06. The minimum Gasteiger partial charge on any atom is -0.456 e. The molecule has 0 fully saturated rings. The van der Waals surface area contributed by atoms with E-state index in [1.165, 1.54) is 18.2 Å². The summed E-state index contributed by atoms with van der Waals surface area (Å²) in [7, 11) is -4.48. The summed E-state index contributed by atoms with van der Waals surface area (Å²) < 4.78 is 45.5. The van der Waals surface area contributed by atoms with E-state index in [4.69, 9.17) is 14.5 Å². The largest absolute Gasteiger partial charge is 0.456 e. The number of carbonyl (C=O) groups excluding carboxylic acids is 1. The molecule has 0 atom stereocenters. The zero-order valence-electron chi connectivity index (χ0n) is 26.8. The van der Waals surface area contributed by atoms with Crippen molar-refractivity contribution in [3.8, 4) is 45.9 Å². The van der Waals surface area contributed by atoms with Crippen molar-refractivity contribution in [3.63, 3.8) is 0 Å². The molecule has 11 heteroatoms. The molecule has 4 aromatic heterocycles. The van der Waals surface area contributed by atoms with E-state index in [-0.39, 0.29) is 10.5 Å². The Balaban J connectivity index is 1.14. The number of hydrogen-bond acceptors (Lipinski definition) is 9. The molecule has 0 aliphatic carbocycles. The van der Waals surface area contributed by atoms with Gasteiger partial charge >= 0.3 is 0 Å².